The highest BCUT2D eigenvalue weighted by atomic mass is 79.9. The Labute approximate surface area is 139 Å². The van der Waals surface area contributed by atoms with Crippen molar-refractivity contribution in [3.63, 3.8) is 0 Å². The maximum absolute atomic E-state index is 6.27. The number of benzene rings is 2. The number of halogens is 2. The smallest absolute Gasteiger partial charge is 0.140 e. The molecule has 0 aliphatic rings. The van der Waals surface area contributed by atoms with Gasteiger partial charge in [-0.05, 0) is 43.2 Å². The van der Waals surface area contributed by atoms with Crippen molar-refractivity contribution in [2.75, 3.05) is 0 Å². The lowest BCUT2D eigenvalue weighted by Crippen LogP contribution is -2.31. The molecule has 0 aliphatic heterocycles. The van der Waals surface area contributed by atoms with Crippen LogP contribution in [-0.4, -0.2) is 6.04 Å². The van der Waals surface area contributed by atoms with Crippen molar-refractivity contribution in [3.05, 3.63) is 63.1 Å². The van der Waals surface area contributed by atoms with Gasteiger partial charge in [0, 0.05) is 21.1 Å². The number of hydrogen-bond acceptors (Lipinski definition) is 2. The molecule has 2 aromatic rings. The molecule has 0 aliphatic carbocycles. The Bertz CT molecular complexity index is 617. The topological polar surface area (TPSA) is 35.2 Å². The summed E-state index contributed by atoms with van der Waals surface area (Å²) in [6.45, 7) is 4.04. The molecule has 0 radical (unpaired) electrons. The van der Waals surface area contributed by atoms with Gasteiger partial charge in [0.25, 0.3) is 0 Å². The fourth-order valence-electron chi connectivity index (χ4n) is 2.18. The van der Waals surface area contributed by atoms with Crippen LogP contribution in [0.3, 0.4) is 0 Å². The first-order valence-electron chi connectivity index (χ1n) is 6.95. The van der Waals surface area contributed by atoms with Crippen LogP contribution < -0.4 is 10.5 Å². The highest BCUT2D eigenvalue weighted by Crippen LogP contribution is 2.32. The van der Waals surface area contributed by atoms with Gasteiger partial charge >= 0.3 is 0 Å². The first-order chi connectivity index (χ1) is 10.0. The maximum atomic E-state index is 6.27. The van der Waals surface area contributed by atoms with Crippen LogP contribution in [0.2, 0.25) is 5.02 Å². The van der Waals surface area contributed by atoms with Crippen LogP contribution in [0.4, 0.5) is 0 Å². The molecule has 0 aromatic heterocycles. The molecule has 0 fully saturated rings. The maximum Gasteiger partial charge on any atom is 0.140 e. The minimum absolute atomic E-state index is 0.0845. The predicted molar refractivity (Wildman–Crippen MR) is 92.0 cm³/mol. The summed E-state index contributed by atoms with van der Waals surface area (Å²) >= 11 is 9.58. The van der Waals surface area contributed by atoms with Crippen LogP contribution in [-0.2, 0) is 0 Å². The highest BCUT2D eigenvalue weighted by molar-refractivity contribution is 9.10. The summed E-state index contributed by atoms with van der Waals surface area (Å²) in [6.07, 6.45) is 0.629. The number of hydrogen-bond donors (Lipinski definition) is 1. The van der Waals surface area contributed by atoms with E-state index in [9.17, 15) is 0 Å². The van der Waals surface area contributed by atoms with Gasteiger partial charge in [-0.2, -0.15) is 0 Å². The molecule has 2 rings (SSSR count). The van der Waals surface area contributed by atoms with E-state index in [-0.39, 0.29) is 12.1 Å². The van der Waals surface area contributed by atoms with Crippen molar-refractivity contribution in [3.8, 4) is 5.75 Å². The Kier molecular flexibility index (Phi) is 5.68. The minimum atomic E-state index is -0.203. The lowest BCUT2D eigenvalue weighted by atomic mass is 10.0. The fourth-order valence-corrected chi connectivity index (χ4v) is 2.92. The molecule has 2 N–H and O–H groups in total. The molecule has 0 amide bonds. The largest absolute Gasteiger partial charge is 0.484 e. The number of ether oxygens (including phenoxy) is 1. The SMILES string of the molecule is CCC(N)C(Oc1ccc(Cl)cc1C)c1ccccc1Br. The summed E-state index contributed by atoms with van der Waals surface area (Å²) in [6, 6.07) is 13.5. The standard InChI is InChI=1S/C17H19BrClNO/c1-3-15(20)17(13-6-4-5-7-14(13)18)21-16-9-8-12(19)10-11(16)2/h4-10,15,17H,3,20H2,1-2H3. The van der Waals surface area contributed by atoms with Gasteiger partial charge in [0.1, 0.15) is 11.9 Å². The lowest BCUT2D eigenvalue weighted by Gasteiger charge is -2.26. The zero-order valence-electron chi connectivity index (χ0n) is 12.1. The zero-order chi connectivity index (χ0) is 15.4. The number of aryl methyl sites for hydroxylation is 1. The molecule has 2 unspecified atom stereocenters. The summed E-state index contributed by atoms with van der Waals surface area (Å²) in [7, 11) is 0. The van der Waals surface area contributed by atoms with Crippen LogP contribution in [0.25, 0.3) is 0 Å². The van der Waals surface area contributed by atoms with Gasteiger partial charge in [-0.1, -0.05) is 52.7 Å². The van der Waals surface area contributed by atoms with Crippen LogP contribution in [0, 0.1) is 6.92 Å². The summed E-state index contributed by atoms with van der Waals surface area (Å²) in [4.78, 5) is 0. The highest BCUT2D eigenvalue weighted by Gasteiger charge is 2.23. The first-order valence-corrected chi connectivity index (χ1v) is 8.12. The molecule has 112 valence electrons. The first kappa shape index (κ1) is 16.3. The summed E-state index contributed by atoms with van der Waals surface area (Å²) in [5, 5.41) is 0.706. The van der Waals surface area contributed by atoms with Gasteiger partial charge in [0.2, 0.25) is 0 Å². The van der Waals surface area contributed by atoms with E-state index in [1.54, 1.807) is 0 Å². The van der Waals surface area contributed by atoms with Crippen LogP contribution in [0.1, 0.15) is 30.6 Å². The molecule has 4 heteroatoms. The second-order valence-corrected chi connectivity index (χ2v) is 6.33. The normalized spacial score (nSPS) is 13.8. The van der Waals surface area contributed by atoms with E-state index in [2.05, 4.69) is 22.9 Å². The Morgan fingerprint density at radius 2 is 1.95 bits per heavy atom. The number of rotatable bonds is 5. The monoisotopic (exact) mass is 367 g/mol. The third-order valence-electron chi connectivity index (χ3n) is 3.46. The third-order valence-corrected chi connectivity index (χ3v) is 4.42. The average molecular weight is 369 g/mol. The van der Waals surface area contributed by atoms with Crippen molar-refractivity contribution in [2.45, 2.75) is 32.4 Å². The van der Waals surface area contributed by atoms with Gasteiger partial charge in [-0.15, -0.1) is 0 Å². The summed E-state index contributed by atoms with van der Waals surface area (Å²) in [5.41, 5.74) is 8.33. The summed E-state index contributed by atoms with van der Waals surface area (Å²) < 4.78 is 7.21. The van der Waals surface area contributed by atoms with E-state index in [0.717, 1.165) is 27.8 Å². The van der Waals surface area contributed by atoms with Crippen molar-refractivity contribution in [2.24, 2.45) is 5.73 Å². The molecule has 2 nitrogen and oxygen atoms in total. The van der Waals surface area contributed by atoms with E-state index in [1.165, 1.54) is 0 Å². The molecule has 2 aromatic carbocycles. The Hall–Kier alpha value is -1.03. The number of nitrogens with two attached hydrogens (primary N) is 1. The van der Waals surface area contributed by atoms with Gasteiger partial charge in [0.05, 0.1) is 0 Å². The lowest BCUT2D eigenvalue weighted by molar-refractivity contribution is 0.169. The van der Waals surface area contributed by atoms with E-state index in [1.807, 2.05) is 49.4 Å². The molecular formula is C17H19BrClNO. The molecule has 0 saturated heterocycles. The van der Waals surface area contributed by atoms with Crippen LogP contribution in [0.5, 0.6) is 5.75 Å². The molecule has 21 heavy (non-hydrogen) atoms. The molecular weight excluding hydrogens is 350 g/mol. The Morgan fingerprint density at radius 3 is 2.57 bits per heavy atom. The minimum Gasteiger partial charge on any atom is -0.484 e. The van der Waals surface area contributed by atoms with Gasteiger partial charge in [-0.3, -0.25) is 0 Å². The van der Waals surface area contributed by atoms with Crippen molar-refractivity contribution >= 4 is 27.5 Å². The van der Waals surface area contributed by atoms with E-state index in [0.29, 0.717) is 5.02 Å². The molecule has 0 bridgehead atoms. The predicted octanol–water partition coefficient (Wildman–Crippen LogP) is 5.27. The second kappa shape index (κ2) is 7.30. The van der Waals surface area contributed by atoms with E-state index in [4.69, 9.17) is 22.1 Å². The van der Waals surface area contributed by atoms with Crippen molar-refractivity contribution < 1.29 is 4.74 Å². The molecule has 0 saturated carbocycles. The average Bonchev–Trinajstić information content (AvgIpc) is 2.47. The van der Waals surface area contributed by atoms with Crippen molar-refractivity contribution in [1.82, 2.24) is 0 Å². The van der Waals surface area contributed by atoms with Crippen LogP contribution in [0.15, 0.2) is 46.9 Å². The Balaban J connectivity index is 2.35. The van der Waals surface area contributed by atoms with Crippen LogP contribution >= 0.6 is 27.5 Å². The summed E-state index contributed by atoms with van der Waals surface area (Å²) in [5.74, 6) is 0.809. The van der Waals surface area contributed by atoms with E-state index < -0.39 is 0 Å². The quantitative estimate of drug-likeness (QED) is 0.780. The van der Waals surface area contributed by atoms with Gasteiger partial charge in [0.15, 0.2) is 0 Å². The Morgan fingerprint density at radius 1 is 1.24 bits per heavy atom. The zero-order valence-corrected chi connectivity index (χ0v) is 14.5. The third kappa shape index (κ3) is 4.00. The fraction of sp³-hybridized carbons (Fsp3) is 0.294. The molecule has 2 atom stereocenters. The molecule has 0 heterocycles. The van der Waals surface area contributed by atoms with Gasteiger partial charge in [-0.25, -0.2) is 0 Å². The van der Waals surface area contributed by atoms with E-state index >= 15 is 0 Å². The molecule has 0 spiro atoms. The second-order valence-electron chi connectivity index (χ2n) is 5.04. The van der Waals surface area contributed by atoms with Crippen molar-refractivity contribution in [1.29, 1.82) is 0 Å². The van der Waals surface area contributed by atoms with Gasteiger partial charge < -0.3 is 10.5 Å².